The van der Waals surface area contributed by atoms with Gasteiger partial charge < -0.3 is 10.6 Å². The molecule has 6 nitrogen and oxygen atoms in total. The maximum absolute atomic E-state index is 13.4. The number of amides is 3. The lowest BCUT2D eigenvalue weighted by atomic mass is 10.0. The maximum atomic E-state index is 13.4. The summed E-state index contributed by atoms with van der Waals surface area (Å²) in [5.74, 6) is -1.28. The molecule has 3 aromatic carbocycles. The number of anilines is 3. The van der Waals surface area contributed by atoms with Crippen LogP contribution < -0.4 is 15.5 Å². The van der Waals surface area contributed by atoms with Crippen molar-refractivity contribution < 1.29 is 14.4 Å². The molecule has 1 heterocycles. The summed E-state index contributed by atoms with van der Waals surface area (Å²) in [6, 6.07) is 19.6. The minimum Gasteiger partial charge on any atom is -0.326 e. The Hall–Kier alpha value is -3.16. The monoisotopic (exact) mass is 497 g/mol. The standard InChI is InChI=1S/C23H17BrClN3O3/c24-14-9-11-15(12-10-14)26-21(29)13-20-22(30)27-18-7-3-4-8-19(18)28(20)23(31)16-5-1-2-6-17(16)25/h1-12,20H,13H2,(H,26,29)(H,27,30). The van der Waals surface area contributed by atoms with Gasteiger partial charge in [0.05, 0.1) is 28.4 Å². The van der Waals surface area contributed by atoms with Gasteiger partial charge in [-0.3, -0.25) is 19.3 Å². The molecule has 0 saturated heterocycles. The molecule has 0 spiro atoms. The predicted molar refractivity (Wildman–Crippen MR) is 125 cm³/mol. The van der Waals surface area contributed by atoms with E-state index in [9.17, 15) is 14.4 Å². The number of carbonyl (C=O) groups excluding carboxylic acids is 3. The number of benzene rings is 3. The van der Waals surface area contributed by atoms with Crippen LogP contribution in [0, 0.1) is 0 Å². The Morgan fingerprint density at radius 1 is 1.00 bits per heavy atom. The van der Waals surface area contributed by atoms with Gasteiger partial charge in [-0.15, -0.1) is 0 Å². The largest absolute Gasteiger partial charge is 0.326 e. The van der Waals surface area contributed by atoms with Crippen molar-refractivity contribution in [2.24, 2.45) is 0 Å². The van der Waals surface area contributed by atoms with E-state index in [1.54, 1.807) is 72.8 Å². The Balaban J connectivity index is 1.66. The topological polar surface area (TPSA) is 78.5 Å². The number of carbonyl (C=O) groups is 3. The molecule has 31 heavy (non-hydrogen) atoms. The van der Waals surface area contributed by atoms with Gasteiger partial charge in [0.1, 0.15) is 6.04 Å². The first-order valence-electron chi connectivity index (χ1n) is 9.47. The molecule has 4 rings (SSSR count). The number of hydrogen-bond donors (Lipinski definition) is 2. The fourth-order valence-corrected chi connectivity index (χ4v) is 3.89. The van der Waals surface area contributed by atoms with Gasteiger partial charge >= 0.3 is 0 Å². The molecule has 0 aromatic heterocycles. The zero-order valence-corrected chi connectivity index (χ0v) is 18.5. The minimum absolute atomic E-state index is 0.216. The Morgan fingerprint density at radius 3 is 2.42 bits per heavy atom. The van der Waals surface area contributed by atoms with Crippen LogP contribution in [0.1, 0.15) is 16.8 Å². The van der Waals surface area contributed by atoms with Gasteiger partial charge in [0.25, 0.3) is 5.91 Å². The summed E-state index contributed by atoms with van der Waals surface area (Å²) < 4.78 is 0.880. The van der Waals surface area contributed by atoms with Gasteiger partial charge in [-0.05, 0) is 48.5 Å². The van der Waals surface area contributed by atoms with E-state index in [0.717, 1.165) is 4.47 Å². The van der Waals surface area contributed by atoms with Crippen LogP contribution in [0.2, 0.25) is 5.02 Å². The smallest absolute Gasteiger partial charge is 0.260 e. The SMILES string of the molecule is O=C(CC1C(=O)Nc2ccccc2N1C(=O)c1ccccc1Cl)Nc1ccc(Br)cc1. The Kier molecular flexibility index (Phi) is 6.06. The second kappa shape index (κ2) is 8.91. The highest BCUT2D eigenvalue weighted by molar-refractivity contribution is 9.10. The molecule has 0 saturated carbocycles. The third-order valence-electron chi connectivity index (χ3n) is 4.87. The van der Waals surface area contributed by atoms with Crippen LogP contribution in [-0.4, -0.2) is 23.8 Å². The molecular weight excluding hydrogens is 482 g/mol. The highest BCUT2D eigenvalue weighted by atomic mass is 79.9. The van der Waals surface area contributed by atoms with E-state index in [2.05, 4.69) is 26.6 Å². The molecule has 2 N–H and O–H groups in total. The predicted octanol–water partition coefficient (Wildman–Crippen LogP) is 5.10. The van der Waals surface area contributed by atoms with Crippen LogP contribution in [-0.2, 0) is 9.59 Å². The van der Waals surface area contributed by atoms with Crippen molar-refractivity contribution in [3.8, 4) is 0 Å². The summed E-state index contributed by atoms with van der Waals surface area (Å²) in [6.45, 7) is 0. The van der Waals surface area contributed by atoms with Crippen LogP contribution in [0.25, 0.3) is 0 Å². The van der Waals surface area contributed by atoms with Crippen LogP contribution in [0.5, 0.6) is 0 Å². The molecule has 0 fully saturated rings. The third kappa shape index (κ3) is 4.47. The molecule has 1 aliphatic heterocycles. The number of nitrogens with one attached hydrogen (secondary N) is 2. The third-order valence-corrected chi connectivity index (χ3v) is 5.72. The van der Waals surface area contributed by atoms with Gasteiger partial charge in [-0.2, -0.15) is 0 Å². The minimum atomic E-state index is -1.03. The first kappa shape index (κ1) is 21.1. The number of hydrogen-bond acceptors (Lipinski definition) is 3. The van der Waals surface area contributed by atoms with Crippen molar-refractivity contribution in [1.82, 2.24) is 0 Å². The maximum Gasteiger partial charge on any atom is 0.260 e. The summed E-state index contributed by atoms with van der Waals surface area (Å²) in [6.07, 6.45) is -0.216. The Morgan fingerprint density at radius 2 is 1.68 bits per heavy atom. The normalized spacial score (nSPS) is 15.1. The number of para-hydroxylation sites is 2. The van der Waals surface area contributed by atoms with Gasteiger partial charge in [-0.1, -0.05) is 51.8 Å². The van der Waals surface area contributed by atoms with E-state index in [4.69, 9.17) is 11.6 Å². The Labute approximate surface area is 192 Å². The number of halogens is 2. The van der Waals surface area contributed by atoms with Crippen LogP contribution in [0.3, 0.4) is 0 Å². The summed E-state index contributed by atoms with van der Waals surface area (Å²) in [5.41, 5.74) is 1.85. The summed E-state index contributed by atoms with van der Waals surface area (Å²) in [4.78, 5) is 40.4. The average molecular weight is 499 g/mol. The van der Waals surface area contributed by atoms with Crippen molar-refractivity contribution in [1.29, 1.82) is 0 Å². The quantitative estimate of drug-likeness (QED) is 0.525. The second-order valence-electron chi connectivity index (χ2n) is 6.94. The summed E-state index contributed by atoms with van der Waals surface area (Å²) >= 11 is 9.59. The number of fused-ring (bicyclic) bond motifs is 1. The second-order valence-corrected chi connectivity index (χ2v) is 8.26. The van der Waals surface area contributed by atoms with Gasteiger partial charge in [0.2, 0.25) is 11.8 Å². The molecule has 1 unspecified atom stereocenters. The average Bonchev–Trinajstić information content (AvgIpc) is 2.76. The van der Waals surface area contributed by atoms with Crippen molar-refractivity contribution in [3.63, 3.8) is 0 Å². The molecule has 156 valence electrons. The van der Waals surface area contributed by atoms with Crippen LogP contribution in [0.4, 0.5) is 17.1 Å². The highest BCUT2D eigenvalue weighted by Gasteiger charge is 2.39. The van der Waals surface area contributed by atoms with Gasteiger partial charge in [0, 0.05) is 10.2 Å². The van der Waals surface area contributed by atoms with Crippen molar-refractivity contribution in [2.75, 3.05) is 15.5 Å². The van der Waals surface area contributed by atoms with E-state index in [1.807, 2.05) is 0 Å². The lowest BCUT2D eigenvalue weighted by Crippen LogP contribution is -2.52. The zero-order valence-electron chi connectivity index (χ0n) is 16.1. The van der Waals surface area contributed by atoms with E-state index < -0.39 is 17.9 Å². The molecule has 1 atom stereocenters. The molecular formula is C23H17BrClN3O3. The molecule has 0 aliphatic carbocycles. The van der Waals surface area contributed by atoms with Gasteiger partial charge in [-0.25, -0.2) is 0 Å². The molecule has 0 radical (unpaired) electrons. The lowest BCUT2D eigenvalue weighted by Gasteiger charge is -2.36. The van der Waals surface area contributed by atoms with E-state index in [1.165, 1.54) is 4.90 Å². The van der Waals surface area contributed by atoms with Crippen molar-refractivity contribution >= 4 is 62.3 Å². The molecule has 3 amide bonds. The summed E-state index contributed by atoms with van der Waals surface area (Å²) in [5, 5.41) is 5.83. The Bertz CT molecular complexity index is 1170. The first-order chi connectivity index (χ1) is 14.9. The van der Waals surface area contributed by atoms with E-state index in [0.29, 0.717) is 17.1 Å². The summed E-state index contributed by atoms with van der Waals surface area (Å²) in [7, 11) is 0. The molecule has 3 aromatic rings. The van der Waals surface area contributed by atoms with E-state index >= 15 is 0 Å². The first-order valence-corrected chi connectivity index (χ1v) is 10.6. The van der Waals surface area contributed by atoms with E-state index in [-0.39, 0.29) is 22.9 Å². The molecule has 0 bridgehead atoms. The molecule has 1 aliphatic rings. The highest BCUT2D eigenvalue weighted by Crippen LogP contribution is 2.35. The fraction of sp³-hybridized carbons (Fsp3) is 0.0870. The van der Waals surface area contributed by atoms with Crippen LogP contribution in [0.15, 0.2) is 77.3 Å². The van der Waals surface area contributed by atoms with Crippen molar-refractivity contribution in [3.05, 3.63) is 87.9 Å². The van der Waals surface area contributed by atoms with Crippen LogP contribution >= 0.6 is 27.5 Å². The lowest BCUT2D eigenvalue weighted by molar-refractivity contribution is -0.122. The zero-order chi connectivity index (χ0) is 22.0. The van der Waals surface area contributed by atoms with Gasteiger partial charge in [0.15, 0.2) is 0 Å². The van der Waals surface area contributed by atoms with Crippen molar-refractivity contribution in [2.45, 2.75) is 12.5 Å². The number of rotatable bonds is 4. The number of nitrogens with zero attached hydrogens (tertiary/aromatic N) is 1. The fourth-order valence-electron chi connectivity index (χ4n) is 3.41. The molecule has 8 heteroatoms.